The molecule has 0 bridgehead atoms. The van der Waals surface area contributed by atoms with Crippen LogP contribution in [0, 0.1) is 0 Å². The van der Waals surface area contributed by atoms with Crippen molar-refractivity contribution in [3.63, 3.8) is 0 Å². The van der Waals surface area contributed by atoms with Gasteiger partial charge in [0.05, 0.1) is 0 Å². The molecule has 0 rings (SSSR count). The van der Waals surface area contributed by atoms with Crippen LogP contribution in [0.3, 0.4) is 0 Å². The average Bonchev–Trinajstić information content (AvgIpc) is 2.66. The van der Waals surface area contributed by atoms with Crippen LogP contribution in [-0.4, -0.2) is 15.8 Å². The van der Waals surface area contributed by atoms with Gasteiger partial charge in [-0.15, -0.1) is 23.5 Å². The first-order valence-electron chi connectivity index (χ1n) is 11.7. The highest BCUT2D eigenvalue weighted by Crippen LogP contribution is 2.48. The lowest BCUT2D eigenvalue weighted by atomic mass is 10.1. The molecule has 0 amide bonds. The normalized spacial score (nSPS) is 12.2. The van der Waals surface area contributed by atoms with Gasteiger partial charge in [0.15, 0.2) is 4.27 Å². The van der Waals surface area contributed by atoms with E-state index in [1.807, 2.05) is 0 Å². The standard InChI is InChI=1S/C22H45O3PS2/c1-4-7-9-11-13-15-17-20-27-22(19-6-3,25-26(23)24)28-21-18-16-14-12-10-8-5-2/h4-21H2,1-3H3/q-2. The number of hydrogen-bond acceptors (Lipinski definition) is 5. The van der Waals surface area contributed by atoms with Crippen LogP contribution in [0.2, 0.25) is 0 Å². The van der Waals surface area contributed by atoms with Gasteiger partial charge in [-0.25, -0.2) is 0 Å². The van der Waals surface area contributed by atoms with Crippen LogP contribution in [0.1, 0.15) is 124 Å². The summed E-state index contributed by atoms with van der Waals surface area (Å²) in [4.78, 5) is 22.7. The quantitative estimate of drug-likeness (QED) is 0.0974. The molecule has 28 heavy (non-hydrogen) atoms. The first-order chi connectivity index (χ1) is 13.6. The molecule has 0 aliphatic carbocycles. The zero-order chi connectivity index (χ0) is 20.9. The van der Waals surface area contributed by atoms with E-state index in [1.165, 1.54) is 77.0 Å². The Bertz CT molecular complexity index is 300. The van der Waals surface area contributed by atoms with Crippen LogP contribution in [0.4, 0.5) is 0 Å². The van der Waals surface area contributed by atoms with Gasteiger partial charge >= 0.3 is 0 Å². The van der Waals surface area contributed by atoms with Crippen molar-refractivity contribution in [3.8, 4) is 0 Å². The minimum absolute atomic E-state index is 0.603. The Labute approximate surface area is 185 Å². The molecule has 0 heterocycles. The van der Waals surface area contributed by atoms with Crippen molar-refractivity contribution >= 4 is 32.1 Å². The molecular weight excluding hydrogens is 407 g/mol. The van der Waals surface area contributed by atoms with Crippen molar-refractivity contribution in [1.29, 1.82) is 0 Å². The Morgan fingerprint density at radius 1 is 0.607 bits per heavy atom. The third-order valence-electron chi connectivity index (χ3n) is 4.91. The smallest absolute Gasteiger partial charge is 0.161 e. The Kier molecular flexibility index (Phi) is 22.0. The Balaban J connectivity index is 4.17. The molecule has 0 saturated carbocycles. The topological polar surface area (TPSA) is 55.3 Å². The van der Waals surface area contributed by atoms with Crippen molar-refractivity contribution in [1.82, 2.24) is 0 Å². The highest BCUT2D eigenvalue weighted by atomic mass is 32.2. The van der Waals surface area contributed by atoms with Gasteiger partial charge in [0, 0.05) is 0 Å². The Hall–Kier alpha value is 1.01. The molecule has 3 nitrogen and oxygen atoms in total. The zero-order valence-electron chi connectivity index (χ0n) is 18.7. The molecule has 0 aliphatic heterocycles. The third-order valence-corrected chi connectivity index (χ3v) is 8.76. The lowest BCUT2D eigenvalue weighted by Crippen LogP contribution is -2.28. The summed E-state index contributed by atoms with van der Waals surface area (Å²) in [5, 5.41) is 0. The molecule has 0 aliphatic rings. The largest absolute Gasteiger partial charge is 0.820 e. The molecule has 0 aromatic carbocycles. The maximum atomic E-state index is 11.3. The Morgan fingerprint density at radius 2 is 1.00 bits per heavy atom. The predicted molar refractivity (Wildman–Crippen MR) is 127 cm³/mol. The van der Waals surface area contributed by atoms with E-state index in [2.05, 4.69) is 20.8 Å². The minimum Gasteiger partial charge on any atom is -0.820 e. The highest BCUT2D eigenvalue weighted by molar-refractivity contribution is 8.18. The molecule has 0 saturated heterocycles. The second-order valence-corrected chi connectivity index (χ2v) is 11.3. The van der Waals surface area contributed by atoms with Crippen LogP contribution in [-0.2, 0) is 4.52 Å². The van der Waals surface area contributed by atoms with Crippen LogP contribution in [0.25, 0.3) is 0 Å². The molecule has 0 N–H and O–H groups in total. The molecule has 0 aromatic heterocycles. The number of hydrogen-bond donors (Lipinski definition) is 0. The van der Waals surface area contributed by atoms with Crippen molar-refractivity contribution in [2.45, 2.75) is 128 Å². The van der Waals surface area contributed by atoms with Crippen LogP contribution >= 0.6 is 32.1 Å². The maximum Gasteiger partial charge on any atom is 0.161 e. The second kappa shape index (κ2) is 21.2. The van der Waals surface area contributed by atoms with Crippen LogP contribution in [0.5, 0.6) is 0 Å². The molecule has 6 heteroatoms. The number of unbranched alkanes of at least 4 members (excludes halogenated alkanes) is 12. The van der Waals surface area contributed by atoms with Gasteiger partial charge in [-0.2, -0.15) is 8.60 Å². The van der Waals surface area contributed by atoms with Gasteiger partial charge in [-0.1, -0.05) is 104 Å². The van der Waals surface area contributed by atoms with Crippen molar-refractivity contribution in [3.05, 3.63) is 0 Å². The van der Waals surface area contributed by atoms with Gasteiger partial charge in [-0.3, -0.25) is 0 Å². The lowest BCUT2D eigenvalue weighted by Gasteiger charge is -2.42. The SMILES string of the molecule is CCCCCCCCCSC(CCC)(OP([O-])[O-])SCCCCCCCCC. The number of rotatable bonds is 22. The van der Waals surface area contributed by atoms with Gasteiger partial charge in [0.2, 0.25) is 0 Å². The van der Waals surface area contributed by atoms with E-state index in [4.69, 9.17) is 4.52 Å². The van der Waals surface area contributed by atoms with Crippen LogP contribution in [0.15, 0.2) is 0 Å². The summed E-state index contributed by atoms with van der Waals surface area (Å²) in [5.74, 6) is 1.97. The first kappa shape index (κ1) is 29.0. The summed E-state index contributed by atoms with van der Waals surface area (Å²) in [5.41, 5.74) is 0. The zero-order valence-corrected chi connectivity index (χ0v) is 21.2. The number of thioether (sulfide) groups is 2. The summed E-state index contributed by atoms with van der Waals surface area (Å²) >= 11 is 3.44. The average molecular weight is 453 g/mol. The second-order valence-electron chi connectivity index (χ2n) is 7.69. The third kappa shape index (κ3) is 17.8. The van der Waals surface area contributed by atoms with E-state index < -0.39 is 12.9 Å². The Morgan fingerprint density at radius 3 is 1.36 bits per heavy atom. The van der Waals surface area contributed by atoms with Crippen molar-refractivity contribution in [2.24, 2.45) is 0 Å². The van der Waals surface area contributed by atoms with Crippen molar-refractivity contribution < 1.29 is 14.3 Å². The summed E-state index contributed by atoms with van der Waals surface area (Å²) in [6.45, 7) is 6.60. The molecule has 0 unspecified atom stereocenters. The first-order valence-corrected chi connectivity index (χ1v) is 14.8. The minimum atomic E-state index is -2.81. The van der Waals surface area contributed by atoms with E-state index in [9.17, 15) is 9.79 Å². The molecule has 0 spiro atoms. The van der Waals surface area contributed by atoms with Crippen molar-refractivity contribution in [2.75, 3.05) is 11.5 Å². The molecule has 0 aromatic rings. The van der Waals surface area contributed by atoms with E-state index in [1.54, 1.807) is 23.5 Å². The fourth-order valence-electron chi connectivity index (χ4n) is 3.28. The predicted octanol–water partition coefficient (Wildman–Crippen LogP) is 7.37. The van der Waals surface area contributed by atoms with E-state index in [-0.39, 0.29) is 0 Å². The van der Waals surface area contributed by atoms with Gasteiger partial charge in [0.1, 0.15) is 0 Å². The van der Waals surface area contributed by atoms with Gasteiger partial charge < -0.3 is 14.3 Å². The van der Waals surface area contributed by atoms with Crippen LogP contribution < -0.4 is 9.79 Å². The highest BCUT2D eigenvalue weighted by Gasteiger charge is 2.30. The lowest BCUT2D eigenvalue weighted by molar-refractivity contribution is -0.320. The fraction of sp³-hybridized carbons (Fsp3) is 1.00. The molecule has 170 valence electrons. The molecule has 0 radical (unpaired) electrons. The summed E-state index contributed by atoms with van der Waals surface area (Å²) in [6.07, 6.45) is 19.7. The van der Waals surface area contributed by atoms with Gasteiger partial charge in [-0.05, 0) is 30.8 Å². The monoisotopic (exact) mass is 452 g/mol. The van der Waals surface area contributed by atoms with E-state index in [0.29, 0.717) is 0 Å². The molecule has 0 fully saturated rings. The summed E-state index contributed by atoms with van der Waals surface area (Å²) < 4.78 is 4.87. The summed E-state index contributed by atoms with van der Waals surface area (Å²) in [7, 11) is -2.81. The summed E-state index contributed by atoms with van der Waals surface area (Å²) in [6, 6.07) is 0. The van der Waals surface area contributed by atoms with Gasteiger partial charge in [0.25, 0.3) is 0 Å². The molecule has 0 atom stereocenters. The van der Waals surface area contributed by atoms with E-state index >= 15 is 0 Å². The molecular formula is C22H45O3PS2-2. The maximum absolute atomic E-state index is 11.3. The van der Waals surface area contributed by atoms with E-state index in [0.717, 1.165) is 37.2 Å². The fourth-order valence-corrected chi connectivity index (χ4v) is 7.23.